The maximum absolute atomic E-state index is 13.1. The predicted molar refractivity (Wildman–Crippen MR) is 130 cm³/mol. The van der Waals surface area contributed by atoms with Gasteiger partial charge in [0.1, 0.15) is 11.6 Å². The van der Waals surface area contributed by atoms with Gasteiger partial charge in [0.15, 0.2) is 0 Å². The van der Waals surface area contributed by atoms with Gasteiger partial charge in [0.25, 0.3) is 5.91 Å². The van der Waals surface area contributed by atoms with E-state index in [0.717, 1.165) is 63.6 Å². The van der Waals surface area contributed by atoms with Gasteiger partial charge in [-0.2, -0.15) is 0 Å². The van der Waals surface area contributed by atoms with Crippen LogP contribution in [0.15, 0.2) is 42.7 Å². The van der Waals surface area contributed by atoms with Crippen LogP contribution in [0, 0.1) is 11.8 Å². The smallest absolute Gasteiger partial charge is 0.255 e. The normalized spacial score (nSPS) is 26.9. The van der Waals surface area contributed by atoms with Gasteiger partial charge < -0.3 is 19.6 Å². The van der Waals surface area contributed by atoms with Gasteiger partial charge in [-0.05, 0) is 55.4 Å². The summed E-state index contributed by atoms with van der Waals surface area (Å²) in [5.41, 5.74) is 0.649. The van der Waals surface area contributed by atoms with Crippen LogP contribution in [0.5, 0.6) is 0 Å². The molecule has 6 heterocycles. The zero-order chi connectivity index (χ0) is 23.1. The molecule has 4 aliphatic heterocycles. The summed E-state index contributed by atoms with van der Waals surface area (Å²) in [6, 6.07) is 10.2. The van der Waals surface area contributed by atoms with Crippen LogP contribution in [0.4, 0.5) is 11.6 Å². The fourth-order valence-corrected chi connectivity index (χ4v) is 6.36. The van der Waals surface area contributed by atoms with Gasteiger partial charge in [-0.25, -0.2) is 9.97 Å². The van der Waals surface area contributed by atoms with E-state index in [2.05, 4.69) is 19.7 Å². The van der Waals surface area contributed by atoms with Crippen molar-refractivity contribution in [3.8, 4) is 0 Å². The molecule has 4 saturated heterocycles. The fourth-order valence-electron chi connectivity index (χ4n) is 6.36. The molecule has 34 heavy (non-hydrogen) atoms. The van der Waals surface area contributed by atoms with E-state index in [1.54, 1.807) is 12.4 Å². The van der Waals surface area contributed by atoms with Crippen LogP contribution in [0.2, 0.25) is 0 Å². The number of piperidine rings is 3. The number of carbonyl (C=O) groups is 2. The Bertz CT molecular complexity index is 1040. The van der Waals surface area contributed by atoms with Crippen LogP contribution in [0.1, 0.15) is 36.0 Å². The topological polar surface area (TPSA) is 72.9 Å². The Kier molecular flexibility index (Phi) is 5.59. The number of anilines is 2. The quantitative estimate of drug-likeness (QED) is 0.700. The van der Waals surface area contributed by atoms with Gasteiger partial charge >= 0.3 is 0 Å². The van der Waals surface area contributed by atoms with E-state index in [0.29, 0.717) is 42.4 Å². The fraction of sp³-hybridized carbons (Fsp3) is 0.538. The number of amides is 2. The average molecular weight is 461 g/mol. The Morgan fingerprint density at radius 1 is 0.912 bits per heavy atom. The zero-order valence-electron chi connectivity index (χ0n) is 19.6. The van der Waals surface area contributed by atoms with Crippen LogP contribution in [0.3, 0.4) is 0 Å². The van der Waals surface area contributed by atoms with Crippen LogP contribution in [0.25, 0.3) is 0 Å². The van der Waals surface area contributed by atoms with Crippen molar-refractivity contribution in [3.63, 3.8) is 0 Å². The molecule has 178 valence electrons. The van der Waals surface area contributed by atoms with Crippen molar-refractivity contribution in [1.29, 1.82) is 0 Å². The molecule has 0 spiro atoms. The minimum Gasteiger partial charge on any atom is -0.356 e. The molecule has 2 aromatic rings. The Morgan fingerprint density at radius 2 is 1.76 bits per heavy atom. The molecular formula is C26H32N6O2. The Labute approximate surface area is 200 Å². The highest BCUT2D eigenvalue weighted by Crippen LogP contribution is 2.38. The molecule has 8 nitrogen and oxygen atoms in total. The third kappa shape index (κ3) is 3.99. The first-order chi connectivity index (χ1) is 16.7. The lowest BCUT2D eigenvalue weighted by atomic mass is 9.76. The number of piperazine rings is 1. The van der Waals surface area contributed by atoms with Gasteiger partial charge in [0, 0.05) is 70.7 Å². The Balaban J connectivity index is 1.08. The third-order valence-electron chi connectivity index (χ3n) is 8.04. The van der Waals surface area contributed by atoms with E-state index in [1.165, 1.54) is 6.42 Å². The molecular weight excluding hydrogens is 428 g/mol. The minimum absolute atomic E-state index is 0.0478. The van der Waals surface area contributed by atoms with Gasteiger partial charge in [0.2, 0.25) is 5.91 Å². The van der Waals surface area contributed by atoms with E-state index < -0.39 is 0 Å². The second kappa shape index (κ2) is 8.89. The standard InChI is InChI=1S/C26H32N6O2/c33-25-6-3-4-22-21-14-19(17-32(22)25)16-31(18-21)24-8-7-20(15-28-24)26(34)30-12-10-29(11-13-30)23-5-1-2-9-27-23/h1-2,5,7-9,15,19,21-22H,3-4,6,10-14,16-18H2/t19?,21?,22-/m1/s1. The maximum Gasteiger partial charge on any atom is 0.255 e. The molecule has 8 heteroatoms. The lowest BCUT2D eigenvalue weighted by Crippen LogP contribution is -2.60. The second-order valence-corrected chi connectivity index (χ2v) is 10.1. The maximum atomic E-state index is 13.1. The molecule has 0 aromatic carbocycles. The molecule has 0 radical (unpaired) electrons. The molecule has 2 unspecified atom stereocenters. The SMILES string of the molecule is O=C(c1ccc(N2CC3CC(C2)[C@H]2CCCC(=O)N2C3)nc1)N1CCN(c2ccccn2)CC1. The van der Waals surface area contributed by atoms with Gasteiger partial charge in [0.05, 0.1) is 5.56 Å². The highest BCUT2D eigenvalue weighted by molar-refractivity contribution is 5.94. The van der Waals surface area contributed by atoms with Crippen molar-refractivity contribution in [2.24, 2.45) is 11.8 Å². The molecule has 4 fully saturated rings. The molecule has 0 N–H and O–H groups in total. The number of carbonyl (C=O) groups excluding carboxylic acids is 2. The first-order valence-electron chi connectivity index (χ1n) is 12.6. The molecule has 4 aliphatic rings. The van der Waals surface area contributed by atoms with Gasteiger partial charge in [-0.1, -0.05) is 6.07 Å². The van der Waals surface area contributed by atoms with E-state index >= 15 is 0 Å². The first kappa shape index (κ1) is 21.4. The summed E-state index contributed by atoms with van der Waals surface area (Å²) in [6.45, 7) is 5.70. The summed E-state index contributed by atoms with van der Waals surface area (Å²) < 4.78 is 0. The third-order valence-corrected chi connectivity index (χ3v) is 8.04. The number of fused-ring (bicyclic) bond motifs is 4. The van der Waals surface area contributed by atoms with E-state index in [4.69, 9.17) is 4.98 Å². The van der Waals surface area contributed by atoms with Crippen LogP contribution < -0.4 is 9.80 Å². The van der Waals surface area contributed by atoms with E-state index in [-0.39, 0.29) is 5.91 Å². The predicted octanol–water partition coefficient (Wildman–Crippen LogP) is 2.28. The number of pyridine rings is 2. The largest absolute Gasteiger partial charge is 0.356 e. The Hall–Kier alpha value is -3.16. The summed E-state index contributed by atoms with van der Waals surface area (Å²) in [7, 11) is 0. The van der Waals surface area contributed by atoms with E-state index in [9.17, 15) is 9.59 Å². The highest BCUT2D eigenvalue weighted by atomic mass is 16.2. The summed E-state index contributed by atoms with van der Waals surface area (Å²) in [6.07, 6.45) is 7.63. The highest BCUT2D eigenvalue weighted by Gasteiger charge is 2.44. The van der Waals surface area contributed by atoms with Crippen molar-refractivity contribution in [2.45, 2.75) is 31.7 Å². The number of rotatable bonds is 3. The molecule has 0 aliphatic carbocycles. The number of hydrogen-bond donors (Lipinski definition) is 0. The monoisotopic (exact) mass is 460 g/mol. The molecule has 2 amide bonds. The van der Waals surface area contributed by atoms with Crippen molar-refractivity contribution < 1.29 is 9.59 Å². The van der Waals surface area contributed by atoms with Gasteiger partial charge in [-0.15, -0.1) is 0 Å². The van der Waals surface area contributed by atoms with Crippen LogP contribution in [-0.2, 0) is 4.79 Å². The molecule has 6 rings (SSSR count). The molecule has 2 aromatic heterocycles. The number of aromatic nitrogens is 2. The summed E-state index contributed by atoms with van der Waals surface area (Å²) in [5.74, 6) is 3.34. The summed E-state index contributed by atoms with van der Waals surface area (Å²) >= 11 is 0. The average Bonchev–Trinajstić information content (AvgIpc) is 2.89. The van der Waals surface area contributed by atoms with Crippen LogP contribution in [-0.4, -0.2) is 83.4 Å². The summed E-state index contributed by atoms with van der Waals surface area (Å²) in [5, 5.41) is 0. The zero-order valence-corrected chi connectivity index (χ0v) is 19.6. The molecule has 2 bridgehead atoms. The van der Waals surface area contributed by atoms with Gasteiger partial charge in [-0.3, -0.25) is 9.59 Å². The molecule has 0 saturated carbocycles. The number of nitrogens with zero attached hydrogens (tertiary/aromatic N) is 6. The van der Waals surface area contributed by atoms with Crippen LogP contribution >= 0.6 is 0 Å². The van der Waals surface area contributed by atoms with E-state index in [1.807, 2.05) is 35.2 Å². The Morgan fingerprint density at radius 3 is 2.53 bits per heavy atom. The number of hydrogen-bond acceptors (Lipinski definition) is 6. The van der Waals surface area contributed by atoms with Crippen molar-refractivity contribution >= 4 is 23.5 Å². The van der Waals surface area contributed by atoms with Crippen molar-refractivity contribution in [2.75, 3.05) is 55.6 Å². The first-order valence-corrected chi connectivity index (χ1v) is 12.6. The molecule has 3 atom stereocenters. The van der Waals surface area contributed by atoms with Crippen molar-refractivity contribution in [3.05, 3.63) is 48.3 Å². The second-order valence-electron chi connectivity index (χ2n) is 10.1. The van der Waals surface area contributed by atoms with Crippen molar-refractivity contribution in [1.82, 2.24) is 19.8 Å². The lowest BCUT2D eigenvalue weighted by molar-refractivity contribution is -0.142. The minimum atomic E-state index is 0.0478. The lowest BCUT2D eigenvalue weighted by Gasteiger charge is -2.52. The summed E-state index contributed by atoms with van der Waals surface area (Å²) in [4.78, 5) is 43.3.